The van der Waals surface area contributed by atoms with E-state index < -0.39 is 0 Å². The van der Waals surface area contributed by atoms with Crippen molar-refractivity contribution >= 4 is 43.2 Å². The fourth-order valence-electron chi connectivity index (χ4n) is 1.95. The van der Waals surface area contributed by atoms with Crippen LogP contribution in [-0.4, -0.2) is 6.61 Å². The standard InChI is InChI=1S/C15H17Br2NOS/c1-3-19-15-11(7-12(16)8-13(15)17)9-18-10(2)14-5-4-6-20-14/h4-8,10,18H,3,9H2,1-2H3/t10-/m1/s1. The minimum atomic E-state index is 0.335. The quantitative estimate of drug-likeness (QED) is 0.666. The fourth-order valence-corrected chi connectivity index (χ4v) is 4.14. The van der Waals surface area contributed by atoms with Crippen molar-refractivity contribution in [3.05, 3.63) is 49.0 Å². The molecule has 0 aliphatic rings. The SMILES string of the molecule is CCOc1c(Br)cc(Br)cc1CN[C@H](C)c1cccs1. The van der Waals surface area contributed by atoms with Crippen LogP contribution in [0.15, 0.2) is 38.6 Å². The van der Waals surface area contributed by atoms with Crippen LogP contribution in [0.5, 0.6) is 5.75 Å². The number of halogens is 2. The van der Waals surface area contributed by atoms with E-state index in [-0.39, 0.29) is 0 Å². The van der Waals surface area contributed by atoms with Gasteiger partial charge >= 0.3 is 0 Å². The van der Waals surface area contributed by atoms with E-state index in [0.717, 1.165) is 26.8 Å². The average Bonchev–Trinajstić information content (AvgIpc) is 2.93. The number of hydrogen-bond donors (Lipinski definition) is 1. The van der Waals surface area contributed by atoms with Crippen LogP contribution in [0.3, 0.4) is 0 Å². The second-order valence-electron chi connectivity index (χ2n) is 4.43. The van der Waals surface area contributed by atoms with Crippen molar-refractivity contribution < 1.29 is 4.74 Å². The minimum Gasteiger partial charge on any atom is -0.492 e. The first-order valence-electron chi connectivity index (χ1n) is 6.49. The lowest BCUT2D eigenvalue weighted by atomic mass is 10.2. The summed E-state index contributed by atoms with van der Waals surface area (Å²) in [4.78, 5) is 1.34. The molecule has 0 bridgehead atoms. The summed E-state index contributed by atoms with van der Waals surface area (Å²) in [5, 5.41) is 5.65. The monoisotopic (exact) mass is 417 g/mol. The van der Waals surface area contributed by atoms with E-state index in [1.54, 1.807) is 11.3 Å². The van der Waals surface area contributed by atoms with Gasteiger partial charge < -0.3 is 10.1 Å². The molecule has 0 saturated heterocycles. The van der Waals surface area contributed by atoms with Crippen molar-refractivity contribution in [3.8, 4) is 5.75 Å². The van der Waals surface area contributed by atoms with Crippen molar-refractivity contribution in [2.45, 2.75) is 26.4 Å². The minimum absolute atomic E-state index is 0.335. The van der Waals surface area contributed by atoms with Crippen molar-refractivity contribution in [1.29, 1.82) is 0 Å². The maximum atomic E-state index is 5.74. The Balaban J connectivity index is 2.12. The molecule has 1 aromatic carbocycles. The summed E-state index contributed by atoms with van der Waals surface area (Å²) in [5.74, 6) is 0.918. The lowest BCUT2D eigenvalue weighted by molar-refractivity contribution is 0.332. The Labute approximate surface area is 140 Å². The summed E-state index contributed by atoms with van der Waals surface area (Å²) in [6.45, 7) is 5.61. The van der Waals surface area contributed by atoms with E-state index in [2.05, 4.69) is 67.7 Å². The third-order valence-electron chi connectivity index (χ3n) is 2.94. The molecule has 1 heterocycles. The van der Waals surface area contributed by atoms with Crippen LogP contribution in [0.25, 0.3) is 0 Å². The van der Waals surface area contributed by atoms with Gasteiger partial charge in [-0.3, -0.25) is 0 Å². The maximum absolute atomic E-state index is 5.74. The second-order valence-corrected chi connectivity index (χ2v) is 7.18. The Hall–Kier alpha value is -0.360. The van der Waals surface area contributed by atoms with Crippen LogP contribution < -0.4 is 10.1 Å². The molecule has 108 valence electrons. The molecular weight excluding hydrogens is 402 g/mol. The van der Waals surface area contributed by atoms with Crippen LogP contribution in [0.4, 0.5) is 0 Å². The Morgan fingerprint density at radius 1 is 1.35 bits per heavy atom. The zero-order valence-electron chi connectivity index (χ0n) is 11.5. The van der Waals surface area contributed by atoms with Crippen LogP contribution >= 0.6 is 43.2 Å². The highest BCUT2D eigenvalue weighted by Gasteiger charge is 2.12. The predicted molar refractivity (Wildman–Crippen MR) is 92.6 cm³/mol. The molecule has 2 rings (SSSR count). The van der Waals surface area contributed by atoms with E-state index in [4.69, 9.17) is 4.74 Å². The summed E-state index contributed by atoms with van der Waals surface area (Å²) in [6.07, 6.45) is 0. The van der Waals surface area contributed by atoms with Gasteiger partial charge in [0.25, 0.3) is 0 Å². The number of hydrogen-bond acceptors (Lipinski definition) is 3. The normalized spacial score (nSPS) is 12.4. The molecule has 5 heteroatoms. The molecule has 0 amide bonds. The van der Waals surface area contributed by atoms with Gasteiger partial charge in [-0.2, -0.15) is 0 Å². The molecule has 1 N–H and O–H groups in total. The zero-order chi connectivity index (χ0) is 14.5. The lowest BCUT2D eigenvalue weighted by Gasteiger charge is -2.16. The second kappa shape index (κ2) is 7.59. The summed E-state index contributed by atoms with van der Waals surface area (Å²) in [5.41, 5.74) is 1.15. The van der Waals surface area contributed by atoms with E-state index in [0.29, 0.717) is 12.6 Å². The highest BCUT2D eigenvalue weighted by atomic mass is 79.9. The van der Waals surface area contributed by atoms with E-state index in [1.807, 2.05) is 13.0 Å². The van der Waals surface area contributed by atoms with Gasteiger partial charge in [-0.25, -0.2) is 0 Å². The Kier molecular flexibility index (Phi) is 6.08. The highest BCUT2D eigenvalue weighted by Crippen LogP contribution is 2.33. The lowest BCUT2D eigenvalue weighted by Crippen LogP contribution is -2.18. The number of thiophene rings is 1. The summed E-state index contributed by atoms with van der Waals surface area (Å²) >= 11 is 8.87. The predicted octanol–water partition coefficient (Wildman–Crippen LogP) is 5.52. The number of benzene rings is 1. The number of rotatable bonds is 6. The van der Waals surface area contributed by atoms with Gasteiger partial charge in [0.05, 0.1) is 11.1 Å². The topological polar surface area (TPSA) is 21.3 Å². The van der Waals surface area contributed by atoms with Gasteiger partial charge in [0.15, 0.2) is 0 Å². The van der Waals surface area contributed by atoms with Crippen molar-refractivity contribution in [3.63, 3.8) is 0 Å². The van der Waals surface area contributed by atoms with Crippen LogP contribution in [0.2, 0.25) is 0 Å². The van der Waals surface area contributed by atoms with E-state index >= 15 is 0 Å². The smallest absolute Gasteiger partial charge is 0.138 e. The zero-order valence-corrected chi connectivity index (χ0v) is 15.4. The third-order valence-corrected chi connectivity index (χ3v) is 5.04. The van der Waals surface area contributed by atoms with Crippen molar-refractivity contribution in [2.24, 2.45) is 0 Å². The molecule has 1 atom stereocenters. The fraction of sp³-hybridized carbons (Fsp3) is 0.333. The van der Waals surface area contributed by atoms with Crippen molar-refractivity contribution in [1.82, 2.24) is 5.32 Å². The summed E-state index contributed by atoms with van der Waals surface area (Å²) in [6, 6.07) is 8.69. The Bertz CT molecular complexity index is 557. The molecule has 0 unspecified atom stereocenters. The molecule has 0 spiro atoms. The van der Waals surface area contributed by atoms with Gasteiger partial charge in [-0.05, 0) is 53.4 Å². The van der Waals surface area contributed by atoms with Gasteiger partial charge in [0, 0.05) is 27.5 Å². The van der Waals surface area contributed by atoms with E-state index in [1.165, 1.54) is 4.88 Å². The van der Waals surface area contributed by atoms with E-state index in [9.17, 15) is 0 Å². The number of ether oxygens (including phenoxy) is 1. The summed E-state index contributed by atoms with van der Waals surface area (Å²) in [7, 11) is 0. The highest BCUT2D eigenvalue weighted by molar-refractivity contribution is 9.11. The molecule has 1 aromatic heterocycles. The Morgan fingerprint density at radius 3 is 2.80 bits per heavy atom. The van der Waals surface area contributed by atoms with Crippen LogP contribution in [-0.2, 0) is 6.54 Å². The first-order valence-corrected chi connectivity index (χ1v) is 8.96. The molecule has 2 aromatic rings. The van der Waals surface area contributed by atoms with Gasteiger partial charge in [0.2, 0.25) is 0 Å². The number of nitrogens with one attached hydrogen (secondary N) is 1. The average molecular weight is 419 g/mol. The maximum Gasteiger partial charge on any atom is 0.138 e. The molecule has 0 saturated carbocycles. The first kappa shape index (κ1) is 16.0. The van der Waals surface area contributed by atoms with Gasteiger partial charge in [-0.15, -0.1) is 11.3 Å². The third kappa shape index (κ3) is 4.07. The van der Waals surface area contributed by atoms with Gasteiger partial charge in [-0.1, -0.05) is 22.0 Å². The van der Waals surface area contributed by atoms with Crippen LogP contribution in [0, 0.1) is 0 Å². The van der Waals surface area contributed by atoms with Crippen molar-refractivity contribution in [2.75, 3.05) is 6.61 Å². The molecule has 0 fully saturated rings. The Morgan fingerprint density at radius 2 is 2.15 bits per heavy atom. The first-order chi connectivity index (χ1) is 9.61. The molecule has 0 radical (unpaired) electrons. The molecular formula is C15H17Br2NOS. The van der Waals surface area contributed by atoms with Crippen LogP contribution in [0.1, 0.15) is 30.3 Å². The summed E-state index contributed by atoms with van der Waals surface area (Å²) < 4.78 is 7.77. The molecule has 0 aliphatic heterocycles. The largest absolute Gasteiger partial charge is 0.492 e. The molecule has 0 aliphatic carbocycles. The molecule has 20 heavy (non-hydrogen) atoms. The molecule has 2 nitrogen and oxygen atoms in total. The van der Waals surface area contributed by atoms with Gasteiger partial charge in [0.1, 0.15) is 5.75 Å².